The van der Waals surface area contributed by atoms with E-state index < -0.39 is 24.5 Å². The molecule has 14 nitrogen and oxygen atoms in total. The molecule has 1 aliphatic heterocycles. The Kier molecular flexibility index (Phi) is 46.1. The van der Waals surface area contributed by atoms with E-state index in [9.17, 15) is 24.0 Å². The lowest BCUT2D eigenvalue weighted by Gasteiger charge is -2.19. The molecule has 14 heteroatoms. The number of nitrogens with one attached hydrogen (secondary N) is 1. The molecule has 1 amide bonds. The number of rotatable bonds is 54. The molecule has 0 aliphatic carbocycles. The van der Waals surface area contributed by atoms with Crippen LogP contribution in [0.1, 0.15) is 295 Å². The highest BCUT2D eigenvalue weighted by Crippen LogP contribution is 2.20. The van der Waals surface area contributed by atoms with Gasteiger partial charge >= 0.3 is 30.0 Å². The molecule has 1 aromatic rings. The Balaban J connectivity index is 1.98. The van der Waals surface area contributed by atoms with Crippen molar-refractivity contribution in [2.45, 2.75) is 317 Å². The lowest BCUT2D eigenvalue weighted by molar-refractivity contribution is -0.160. The van der Waals surface area contributed by atoms with E-state index >= 15 is 0 Å². The summed E-state index contributed by atoms with van der Waals surface area (Å²) in [6.07, 6.45) is 35.1. The minimum Gasteiger partial charge on any atom is -0.463 e. The number of esters is 4. The summed E-state index contributed by atoms with van der Waals surface area (Å²) in [6, 6.07) is 5.53. The summed E-state index contributed by atoms with van der Waals surface area (Å²) in [5, 5.41) is 2.89. The number of unbranched alkanes of at least 4 members (excludes halogenated alkanes) is 23. The zero-order valence-electron chi connectivity index (χ0n) is 51.5. The van der Waals surface area contributed by atoms with Gasteiger partial charge in [0.2, 0.25) is 0 Å². The molecule has 1 saturated heterocycles. The second kappa shape index (κ2) is 50.9. The van der Waals surface area contributed by atoms with Crippen LogP contribution in [0.5, 0.6) is 0 Å². The molecule has 0 saturated carbocycles. The number of amides is 1. The third-order valence-electron chi connectivity index (χ3n) is 15.0. The van der Waals surface area contributed by atoms with Crippen LogP contribution in [-0.4, -0.2) is 92.8 Å². The summed E-state index contributed by atoms with van der Waals surface area (Å²) in [5.74, 6) is -1.23. The summed E-state index contributed by atoms with van der Waals surface area (Å²) < 4.78 is 41.1. The van der Waals surface area contributed by atoms with Gasteiger partial charge < -0.3 is 43.4 Å². The van der Waals surface area contributed by atoms with Gasteiger partial charge in [0.1, 0.15) is 25.9 Å². The lowest BCUT2D eigenvalue weighted by atomic mass is 10.1. The van der Waals surface area contributed by atoms with Crippen LogP contribution in [0, 0.1) is 0 Å². The Bertz CT molecular complexity index is 1690. The standard InChI is InChI=1S/C66H116N2O12/c1-6-10-14-18-21-23-28-36-56(5)79-64(72)39-31-25-22-24-30-38-61(69)76-53-57-50-58(54-77-62(70)41-40-60(37-29-17-13-9-4)80-66(73)67-44-47-68-45-32-33-46-68)52-59(51-57)55-78-63(71)42-43-65(74-48-34-26-19-15-11-7-2)75-49-35-27-20-16-12-8-3/h50-52,56,60,65H,6-49,53-55H2,1-5H3,(H,67,73). The summed E-state index contributed by atoms with van der Waals surface area (Å²) in [4.78, 5) is 67.0. The summed E-state index contributed by atoms with van der Waals surface area (Å²) in [5.41, 5.74) is 2.03. The van der Waals surface area contributed by atoms with Crippen molar-refractivity contribution in [2.24, 2.45) is 0 Å². The minimum absolute atomic E-state index is 0.00572. The van der Waals surface area contributed by atoms with E-state index in [-0.39, 0.29) is 63.1 Å². The van der Waals surface area contributed by atoms with Gasteiger partial charge in [-0.05, 0) is 126 Å². The average molecular weight is 1130 g/mol. The molecule has 0 bridgehead atoms. The minimum atomic E-state index is -0.480. The number of carbonyl (C=O) groups is 5. The quantitative estimate of drug-likeness (QED) is 0.0284. The Morgan fingerprint density at radius 1 is 0.450 bits per heavy atom. The first-order chi connectivity index (χ1) is 39.0. The lowest BCUT2D eigenvalue weighted by Crippen LogP contribution is -2.35. The monoisotopic (exact) mass is 1130 g/mol. The van der Waals surface area contributed by atoms with E-state index in [2.05, 4.69) is 37.9 Å². The first-order valence-corrected chi connectivity index (χ1v) is 32.7. The number of hydrogen-bond donors (Lipinski definition) is 1. The zero-order valence-corrected chi connectivity index (χ0v) is 51.5. The largest absolute Gasteiger partial charge is 0.463 e. The van der Waals surface area contributed by atoms with Crippen molar-refractivity contribution in [3.05, 3.63) is 34.9 Å². The molecule has 1 aromatic carbocycles. The Morgan fingerprint density at radius 2 is 0.850 bits per heavy atom. The van der Waals surface area contributed by atoms with Crippen molar-refractivity contribution >= 4 is 30.0 Å². The molecule has 1 N–H and O–H groups in total. The Hall–Kier alpha value is -3.75. The first-order valence-electron chi connectivity index (χ1n) is 32.7. The number of ether oxygens (including phenoxy) is 7. The molecule has 0 aromatic heterocycles. The number of alkyl carbamates (subject to hydrolysis) is 1. The predicted molar refractivity (Wildman–Crippen MR) is 320 cm³/mol. The van der Waals surface area contributed by atoms with Gasteiger partial charge in [-0.25, -0.2) is 4.79 Å². The molecular weight excluding hydrogens is 1010 g/mol. The van der Waals surface area contributed by atoms with Crippen LogP contribution in [0.25, 0.3) is 0 Å². The van der Waals surface area contributed by atoms with Crippen LogP contribution in [0.4, 0.5) is 4.79 Å². The van der Waals surface area contributed by atoms with Gasteiger partial charge in [-0.1, -0.05) is 169 Å². The van der Waals surface area contributed by atoms with Crippen LogP contribution in [-0.2, 0) is 72.2 Å². The Labute approximate surface area is 486 Å². The van der Waals surface area contributed by atoms with Crippen molar-refractivity contribution in [1.82, 2.24) is 10.2 Å². The maximum atomic E-state index is 13.3. The second-order valence-corrected chi connectivity index (χ2v) is 22.8. The predicted octanol–water partition coefficient (Wildman–Crippen LogP) is 16.4. The summed E-state index contributed by atoms with van der Waals surface area (Å²) in [6.45, 7) is 15.4. The maximum Gasteiger partial charge on any atom is 0.407 e. The van der Waals surface area contributed by atoms with Crippen LogP contribution in [0.2, 0.25) is 0 Å². The van der Waals surface area contributed by atoms with E-state index in [4.69, 9.17) is 33.2 Å². The highest BCUT2D eigenvalue weighted by molar-refractivity contribution is 5.71. The van der Waals surface area contributed by atoms with E-state index in [1.165, 1.54) is 103 Å². The van der Waals surface area contributed by atoms with Crippen LogP contribution >= 0.6 is 0 Å². The van der Waals surface area contributed by atoms with Crippen molar-refractivity contribution in [3.8, 4) is 0 Å². The van der Waals surface area contributed by atoms with Gasteiger partial charge in [-0.3, -0.25) is 19.2 Å². The third kappa shape index (κ3) is 42.1. The van der Waals surface area contributed by atoms with Crippen LogP contribution < -0.4 is 5.32 Å². The van der Waals surface area contributed by atoms with E-state index in [1.54, 1.807) is 0 Å². The molecule has 2 atom stereocenters. The van der Waals surface area contributed by atoms with Crippen LogP contribution in [0.3, 0.4) is 0 Å². The molecule has 2 unspecified atom stereocenters. The van der Waals surface area contributed by atoms with Gasteiger partial charge in [0.05, 0.1) is 12.5 Å². The fourth-order valence-corrected chi connectivity index (χ4v) is 10.1. The van der Waals surface area contributed by atoms with Crippen molar-refractivity contribution in [2.75, 3.05) is 39.4 Å². The molecule has 1 heterocycles. The molecule has 0 radical (unpaired) electrons. The highest BCUT2D eigenvalue weighted by Gasteiger charge is 2.20. The molecule has 1 aliphatic rings. The average Bonchev–Trinajstić information content (AvgIpc) is 3.97. The van der Waals surface area contributed by atoms with E-state index in [0.717, 1.165) is 110 Å². The number of likely N-dealkylation sites (tertiary alicyclic amines) is 1. The van der Waals surface area contributed by atoms with E-state index in [1.807, 2.05) is 25.1 Å². The fraction of sp³-hybridized carbons (Fsp3) is 0.833. The number of benzene rings is 1. The third-order valence-corrected chi connectivity index (χ3v) is 15.0. The molecule has 1 fully saturated rings. The molecule has 80 heavy (non-hydrogen) atoms. The van der Waals surface area contributed by atoms with Crippen molar-refractivity contribution in [3.63, 3.8) is 0 Å². The SMILES string of the molecule is CCCCCCCCCC(C)OC(=O)CCCCCCCC(=O)OCc1cc(COC(=O)CCC(CCCCCC)OC(=O)NCCN2CCCC2)cc(COC(=O)CCC(OCCCCCCCC)OCCCCCCCC)c1. The molecular formula is C66H116N2O12. The number of carbonyl (C=O) groups excluding carboxylic acids is 5. The fourth-order valence-electron chi connectivity index (χ4n) is 10.1. The van der Waals surface area contributed by atoms with Crippen molar-refractivity contribution in [1.29, 1.82) is 0 Å². The van der Waals surface area contributed by atoms with Gasteiger partial charge in [-0.2, -0.15) is 0 Å². The number of hydrogen-bond acceptors (Lipinski definition) is 13. The van der Waals surface area contributed by atoms with Gasteiger partial charge in [-0.15, -0.1) is 0 Å². The zero-order chi connectivity index (χ0) is 57.9. The summed E-state index contributed by atoms with van der Waals surface area (Å²) >= 11 is 0. The number of nitrogens with zero attached hydrogens (tertiary/aromatic N) is 1. The second-order valence-electron chi connectivity index (χ2n) is 22.8. The normalized spacial score (nSPS) is 13.3. The first kappa shape index (κ1) is 72.4. The molecule has 2 rings (SSSR count). The van der Waals surface area contributed by atoms with Gasteiger partial charge in [0, 0.05) is 52.0 Å². The highest BCUT2D eigenvalue weighted by atomic mass is 16.7. The van der Waals surface area contributed by atoms with Crippen LogP contribution in [0.15, 0.2) is 18.2 Å². The smallest absolute Gasteiger partial charge is 0.407 e. The molecule has 0 spiro atoms. The maximum absolute atomic E-state index is 13.3. The van der Waals surface area contributed by atoms with Crippen molar-refractivity contribution < 1.29 is 57.1 Å². The van der Waals surface area contributed by atoms with Gasteiger partial charge in [0.25, 0.3) is 0 Å². The summed E-state index contributed by atoms with van der Waals surface area (Å²) in [7, 11) is 0. The topological polar surface area (TPSA) is 165 Å². The molecule has 462 valence electrons. The van der Waals surface area contributed by atoms with E-state index in [0.29, 0.717) is 68.6 Å². The van der Waals surface area contributed by atoms with Gasteiger partial charge in [0.15, 0.2) is 6.29 Å². The Morgan fingerprint density at radius 3 is 1.35 bits per heavy atom.